The van der Waals surface area contributed by atoms with Crippen LogP contribution in [0.2, 0.25) is 0 Å². The molecule has 0 aliphatic heterocycles. The van der Waals surface area contributed by atoms with Gasteiger partial charge in [-0.3, -0.25) is 0 Å². The van der Waals surface area contributed by atoms with E-state index >= 15 is 0 Å². The third-order valence-corrected chi connectivity index (χ3v) is 4.60. The molecule has 0 saturated carbocycles. The molecule has 2 aromatic heterocycles. The number of nitrogens with one attached hydrogen (secondary N) is 1. The fraction of sp³-hybridized carbons (Fsp3) is 0.0769. The van der Waals surface area contributed by atoms with Gasteiger partial charge in [0.15, 0.2) is 0 Å². The van der Waals surface area contributed by atoms with Crippen molar-refractivity contribution < 1.29 is 0 Å². The number of anilines is 1. The molecule has 18 heavy (non-hydrogen) atoms. The zero-order valence-corrected chi connectivity index (χ0v) is 11.8. The van der Waals surface area contributed by atoms with Gasteiger partial charge in [-0.05, 0) is 33.4 Å². The van der Waals surface area contributed by atoms with Crippen LogP contribution in [-0.4, -0.2) is 10.2 Å². The van der Waals surface area contributed by atoms with Crippen LogP contribution in [0.25, 0.3) is 10.9 Å². The maximum Gasteiger partial charge on any atom is 0.0950 e. The number of halogens is 1. The minimum atomic E-state index is 0.786. The van der Waals surface area contributed by atoms with Crippen LogP contribution in [0, 0.1) is 0 Å². The summed E-state index contributed by atoms with van der Waals surface area (Å²) in [6.45, 7) is 0.786. The van der Waals surface area contributed by atoms with E-state index in [9.17, 15) is 0 Å². The first-order chi connectivity index (χ1) is 8.84. The van der Waals surface area contributed by atoms with Gasteiger partial charge < -0.3 is 5.32 Å². The molecule has 5 heteroatoms. The zero-order chi connectivity index (χ0) is 12.4. The Morgan fingerprint density at radius 2 is 2.11 bits per heavy atom. The highest BCUT2D eigenvalue weighted by Gasteiger charge is 2.04. The Morgan fingerprint density at radius 1 is 1.22 bits per heavy atom. The van der Waals surface area contributed by atoms with Crippen LogP contribution in [0.1, 0.15) is 4.88 Å². The Hall–Kier alpha value is -1.46. The molecule has 3 aromatic rings. The Balaban J connectivity index is 1.89. The van der Waals surface area contributed by atoms with Gasteiger partial charge in [-0.25, -0.2) is 0 Å². The molecule has 0 radical (unpaired) electrons. The third kappa shape index (κ3) is 2.23. The highest BCUT2D eigenvalue weighted by Crippen LogP contribution is 2.25. The Labute approximate surface area is 117 Å². The second kappa shape index (κ2) is 5.04. The molecule has 1 N–H and O–H groups in total. The molecule has 0 spiro atoms. The highest BCUT2D eigenvalue weighted by molar-refractivity contribution is 9.10. The number of thiophene rings is 1. The lowest BCUT2D eigenvalue weighted by Gasteiger charge is -2.07. The molecule has 0 fully saturated rings. The molecule has 2 heterocycles. The van der Waals surface area contributed by atoms with Crippen molar-refractivity contribution in [2.75, 3.05) is 5.32 Å². The summed E-state index contributed by atoms with van der Waals surface area (Å²) < 4.78 is 1.14. The molecule has 3 rings (SSSR count). The van der Waals surface area contributed by atoms with Gasteiger partial charge in [0.05, 0.1) is 23.9 Å². The van der Waals surface area contributed by atoms with Crippen molar-refractivity contribution in [3.63, 3.8) is 0 Å². The lowest BCUT2D eigenvalue weighted by Crippen LogP contribution is -2.00. The minimum absolute atomic E-state index is 0.786. The van der Waals surface area contributed by atoms with E-state index in [-0.39, 0.29) is 0 Å². The van der Waals surface area contributed by atoms with E-state index < -0.39 is 0 Å². The van der Waals surface area contributed by atoms with Crippen molar-refractivity contribution in [3.05, 3.63) is 51.3 Å². The molecule has 0 aliphatic rings. The summed E-state index contributed by atoms with van der Waals surface area (Å²) >= 11 is 5.26. The number of hydrogen-bond donors (Lipinski definition) is 1. The fourth-order valence-corrected chi connectivity index (χ4v) is 3.21. The molecule has 90 valence electrons. The summed E-state index contributed by atoms with van der Waals surface area (Å²) in [6, 6.07) is 10.1. The number of fused-ring (bicyclic) bond motifs is 1. The van der Waals surface area contributed by atoms with Crippen molar-refractivity contribution in [3.8, 4) is 0 Å². The maximum absolute atomic E-state index is 4.11. The predicted octanol–water partition coefficient (Wildman–Crippen LogP) is 4.07. The SMILES string of the molecule is Brc1ccsc1CNc1cnnc2ccccc12. The van der Waals surface area contributed by atoms with E-state index in [4.69, 9.17) is 0 Å². The Bertz CT molecular complexity index is 675. The summed E-state index contributed by atoms with van der Waals surface area (Å²) in [5.74, 6) is 0. The van der Waals surface area contributed by atoms with Crippen LogP contribution in [0.3, 0.4) is 0 Å². The van der Waals surface area contributed by atoms with Crippen LogP contribution < -0.4 is 5.32 Å². The first kappa shape index (κ1) is 11.6. The molecular weight excluding hydrogens is 310 g/mol. The lowest BCUT2D eigenvalue weighted by atomic mass is 10.2. The minimum Gasteiger partial charge on any atom is -0.378 e. The Morgan fingerprint density at radius 3 is 2.94 bits per heavy atom. The average Bonchev–Trinajstić information content (AvgIpc) is 2.82. The second-order valence-electron chi connectivity index (χ2n) is 3.82. The number of benzene rings is 1. The second-order valence-corrected chi connectivity index (χ2v) is 5.68. The summed E-state index contributed by atoms with van der Waals surface area (Å²) in [7, 11) is 0. The molecule has 0 unspecified atom stereocenters. The molecule has 0 aliphatic carbocycles. The topological polar surface area (TPSA) is 37.8 Å². The van der Waals surface area contributed by atoms with Gasteiger partial charge >= 0.3 is 0 Å². The number of hydrogen-bond acceptors (Lipinski definition) is 4. The molecule has 0 atom stereocenters. The molecule has 0 bridgehead atoms. The maximum atomic E-state index is 4.11. The van der Waals surface area contributed by atoms with Crippen LogP contribution in [0.4, 0.5) is 5.69 Å². The normalized spacial score (nSPS) is 10.7. The van der Waals surface area contributed by atoms with Gasteiger partial charge in [-0.2, -0.15) is 10.2 Å². The molecule has 0 amide bonds. The monoisotopic (exact) mass is 319 g/mol. The summed E-state index contributed by atoms with van der Waals surface area (Å²) in [4.78, 5) is 1.27. The van der Waals surface area contributed by atoms with Crippen LogP contribution in [0.5, 0.6) is 0 Å². The van der Waals surface area contributed by atoms with Gasteiger partial charge in [-0.15, -0.1) is 11.3 Å². The first-order valence-corrected chi connectivity index (χ1v) is 7.18. The van der Waals surface area contributed by atoms with E-state index in [1.807, 2.05) is 18.2 Å². The Kier molecular flexibility index (Phi) is 3.25. The molecule has 0 saturated heterocycles. The molecule has 3 nitrogen and oxygen atoms in total. The standard InChI is InChI=1S/C13H10BrN3S/c14-10-5-6-18-13(10)8-15-12-7-16-17-11-4-2-1-3-9(11)12/h1-7H,8H2,(H,15,17). The van der Waals surface area contributed by atoms with Crippen LogP contribution in [-0.2, 0) is 6.54 Å². The number of nitrogens with zero attached hydrogens (tertiary/aromatic N) is 2. The van der Waals surface area contributed by atoms with Gasteiger partial charge in [-0.1, -0.05) is 18.2 Å². The van der Waals surface area contributed by atoms with Gasteiger partial charge in [0.1, 0.15) is 0 Å². The third-order valence-electron chi connectivity index (χ3n) is 2.68. The average molecular weight is 320 g/mol. The van der Waals surface area contributed by atoms with Crippen molar-refractivity contribution in [2.24, 2.45) is 0 Å². The highest BCUT2D eigenvalue weighted by atomic mass is 79.9. The van der Waals surface area contributed by atoms with E-state index in [2.05, 4.69) is 49.0 Å². The predicted molar refractivity (Wildman–Crippen MR) is 78.9 cm³/mol. The zero-order valence-electron chi connectivity index (χ0n) is 9.43. The molecule has 1 aromatic carbocycles. The fourth-order valence-electron chi connectivity index (χ4n) is 1.77. The van der Waals surface area contributed by atoms with Crippen molar-refractivity contribution in [1.82, 2.24) is 10.2 Å². The quantitative estimate of drug-likeness (QED) is 0.790. The van der Waals surface area contributed by atoms with Gasteiger partial charge in [0.25, 0.3) is 0 Å². The van der Waals surface area contributed by atoms with Gasteiger partial charge in [0.2, 0.25) is 0 Å². The van der Waals surface area contributed by atoms with Gasteiger partial charge in [0, 0.05) is 14.7 Å². The largest absolute Gasteiger partial charge is 0.378 e. The summed E-state index contributed by atoms with van der Waals surface area (Å²) in [5, 5.41) is 14.7. The van der Waals surface area contributed by atoms with E-state index in [1.165, 1.54) is 4.88 Å². The van der Waals surface area contributed by atoms with E-state index in [0.717, 1.165) is 27.6 Å². The van der Waals surface area contributed by atoms with Crippen molar-refractivity contribution in [1.29, 1.82) is 0 Å². The first-order valence-electron chi connectivity index (χ1n) is 5.51. The number of rotatable bonds is 3. The molecular formula is C13H10BrN3S. The lowest BCUT2D eigenvalue weighted by molar-refractivity contribution is 1.06. The van der Waals surface area contributed by atoms with Crippen LogP contribution >= 0.6 is 27.3 Å². The smallest absolute Gasteiger partial charge is 0.0950 e. The van der Waals surface area contributed by atoms with E-state index in [0.29, 0.717) is 0 Å². The summed E-state index contributed by atoms with van der Waals surface area (Å²) in [6.07, 6.45) is 1.77. The van der Waals surface area contributed by atoms with Crippen molar-refractivity contribution in [2.45, 2.75) is 6.54 Å². The van der Waals surface area contributed by atoms with E-state index in [1.54, 1.807) is 17.5 Å². The van der Waals surface area contributed by atoms with Crippen LogP contribution in [0.15, 0.2) is 46.4 Å². The van der Waals surface area contributed by atoms with Crippen molar-refractivity contribution >= 4 is 43.9 Å². The number of aromatic nitrogens is 2. The summed E-state index contributed by atoms with van der Waals surface area (Å²) in [5.41, 5.74) is 1.92.